The number of hydrogen-bond donors (Lipinski definition) is 0. The van der Waals surface area contributed by atoms with Gasteiger partial charge in [0.25, 0.3) is 5.91 Å². The largest absolute Gasteiger partial charge is 0.497 e. The summed E-state index contributed by atoms with van der Waals surface area (Å²) in [5.74, 6) is 2.71. The van der Waals surface area contributed by atoms with Crippen LogP contribution in [0.1, 0.15) is 27.6 Å². The van der Waals surface area contributed by atoms with Crippen molar-refractivity contribution in [2.75, 3.05) is 20.8 Å². The van der Waals surface area contributed by atoms with Gasteiger partial charge in [-0.05, 0) is 43.3 Å². The van der Waals surface area contributed by atoms with Crippen LogP contribution < -0.4 is 9.47 Å². The summed E-state index contributed by atoms with van der Waals surface area (Å²) in [6.07, 6.45) is 1.99. The molecule has 8 heteroatoms. The third-order valence-corrected chi connectivity index (χ3v) is 5.19. The Morgan fingerprint density at radius 2 is 1.76 bits per heavy atom. The van der Waals surface area contributed by atoms with E-state index >= 15 is 0 Å². The van der Waals surface area contributed by atoms with Gasteiger partial charge in [0.2, 0.25) is 11.7 Å². The summed E-state index contributed by atoms with van der Waals surface area (Å²) in [5, 5.41) is 4.08. The summed E-state index contributed by atoms with van der Waals surface area (Å²) >= 11 is 0. The quantitative estimate of drug-likeness (QED) is 0.372. The van der Waals surface area contributed by atoms with E-state index in [1.54, 1.807) is 49.6 Å². The van der Waals surface area contributed by atoms with E-state index in [9.17, 15) is 4.79 Å². The van der Waals surface area contributed by atoms with Crippen LogP contribution in [0.2, 0.25) is 0 Å². The molecule has 0 unspecified atom stereocenters. The number of hydrogen-bond acceptors (Lipinski definition) is 7. The monoisotopic (exact) mass is 447 g/mol. The SMILES string of the molecule is COc1cc(OC)cc(-c2noc(CCN(Cc3ccco3)C(=O)c3ccc(C)cc3)n2)c1. The van der Waals surface area contributed by atoms with Crippen molar-refractivity contribution in [3.05, 3.63) is 83.6 Å². The molecule has 2 aromatic carbocycles. The predicted octanol–water partition coefficient (Wildman–Crippen LogP) is 4.54. The highest BCUT2D eigenvalue weighted by Gasteiger charge is 2.19. The Morgan fingerprint density at radius 1 is 1.03 bits per heavy atom. The highest BCUT2D eigenvalue weighted by molar-refractivity contribution is 5.94. The Morgan fingerprint density at radius 3 is 2.39 bits per heavy atom. The number of aromatic nitrogens is 2. The normalized spacial score (nSPS) is 10.8. The van der Waals surface area contributed by atoms with Crippen LogP contribution in [-0.2, 0) is 13.0 Å². The maximum atomic E-state index is 13.2. The van der Waals surface area contributed by atoms with Gasteiger partial charge in [0.1, 0.15) is 17.3 Å². The zero-order chi connectivity index (χ0) is 23.2. The minimum absolute atomic E-state index is 0.0938. The van der Waals surface area contributed by atoms with Crippen molar-refractivity contribution < 1.29 is 23.2 Å². The Hall–Kier alpha value is -4.07. The van der Waals surface area contributed by atoms with Crippen molar-refractivity contribution in [1.82, 2.24) is 15.0 Å². The molecule has 33 heavy (non-hydrogen) atoms. The first-order valence-corrected chi connectivity index (χ1v) is 10.5. The summed E-state index contributed by atoms with van der Waals surface area (Å²) in [6.45, 7) is 2.71. The molecule has 2 heterocycles. The molecule has 170 valence electrons. The van der Waals surface area contributed by atoms with Gasteiger partial charge in [-0.2, -0.15) is 4.98 Å². The lowest BCUT2D eigenvalue weighted by Gasteiger charge is -2.21. The summed E-state index contributed by atoms with van der Waals surface area (Å²) in [4.78, 5) is 19.4. The molecule has 0 aliphatic carbocycles. The van der Waals surface area contributed by atoms with E-state index in [0.717, 1.165) is 5.56 Å². The average Bonchev–Trinajstić information content (AvgIpc) is 3.53. The van der Waals surface area contributed by atoms with Gasteiger partial charge in [-0.3, -0.25) is 4.79 Å². The molecule has 0 saturated heterocycles. The van der Waals surface area contributed by atoms with Crippen molar-refractivity contribution in [2.24, 2.45) is 0 Å². The number of amides is 1. The van der Waals surface area contributed by atoms with Crippen LogP contribution in [0.4, 0.5) is 0 Å². The van der Waals surface area contributed by atoms with Crippen molar-refractivity contribution in [1.29, 1.82) is 0 Å². The molecule has 4 aromatic rings. The third kappa shape index (κ3) is 5.41. The molecule has 0 bridgehead atoms. The van der Waals surface area contributed by atoms with Gasteiger partial charge >= 0.3 is 0 Å². The van der Waals surface area contributed by atoms with Gasteiger partial charge in [-0.15, -0.1) is 0 Å². The van der Waals surface area contributed by atoms with Crippen LogP contribution in [0.3, 0.4) is 0 Å². The summed E-state index contributed by atoms with van der Waals surface area (Å²) < 4.78 is 21.5. The Bertz CT molecular complexity index is 1180. The van der Waals surface area contributed by atoms with Gasteiger partial charge in [0.05, 0.1) is 27.0 Å². The van der Waals surface area contributed by atoms with E-state index < -0.39 is 0 Å². The van der Waals surface area contributed by atoms with Gasteiger partial charge in [-0.1, -0.05) is 22.9 Å². The second kappa shape index (κ2) is 10.0. The minimum atomic E-state index is -0.0938. The van der Waals surface area contributed by atoms with Crippen LogP contribution in [0.25, 0.3) is 11.4 Å². The molecule has 0 fully saturated rings. The molecule has 0 N–H and O–H groups in total. The summed E-state index contributed by atoms with van der Waals surface area (Å²) in [6, 6.07) is 16.5. The first kappa shape index (κ1) is 22.1. The number of carbonyl (C=O) groups is 1. The molecule has 4 rings (SSSR count). The number of aryl methyl sites for hydroxylation is 1. The lowest BCUT2D eigenvalue weighted by Crippen LogP contribution is -2.32. The van der Waals surface area contributed by atoms with Crippen molar-refractivity contribution in [2.45, 2.75) is 19.9 Å². The molecule has 0 spiro atoms. The molecule has 8 nitrogen and oxygen atoms in total. The van der Waals surface area contributed by atoms with Gasteiger partial charge in [-0.25, -0.2) is 0 Å². The molecular formula is C25H25N3O5. The van der Waals surface area contributed by atoms with Gasteiger partial charge in [0, 0.05) is 30.2 Å². The maximum Gasteiger partial charge on any atom is 0.254 e. The fourth-order valence-electron chi connectivity index (χ4n) is 3.36. The lowest BCUT2D eigenvalue weighted by atomic mass is 10.1. The van der Waals surface area contributed by atoms with Crippen molar-refractivity contribution in [3.8, 4) is 22.9 Å². The Balaban J connectivity index is 1.51. The zero-order valence-electron chi connectivity index (χ0n) is 18.8. The molecule has 0 aliphatic heterocycles. The van der Waals surface area contributed by atoms with Crippen molar-refractivity contribution >= 4 is 5.91 Å². The fraction of sp³-hybridized carbons (Fsp3) is 0.240. The number of furan rings is 1. The highest BCUT2D eigenvalue weighted by Crippen LogP contribution is 2.28. The third-order valence-electron chi connectivity index (χ3n) is 5.19. The summed E-state index contributed by atoms with van der Waals surface area (Å²) in [7, 11) is 3.16. The lowest BCUT2D eigenvalue weighted by molar-refractivity contribution is 0.0730. The summed E-state index contributed by atoms with van der Waals surface area (Å²) in [5.41, 5.74) is 2.42. The predicted molar refractivity (Wildman–Crippen MR) is 121 cm³/mol. The van der Waals surface area contributed by atoms with Gasteiger partial charge < -0.3 is 23.3 Å². The van der Waals surface area contributed by atoms with Crippen LogP contribution >= 0.6 is 0 Å². The number of nitrogens with zero attached hydrogens (tertiary/aromatic N) is 3. The second-order valence-electron chi connectivity index (χ2n) is 7.54. The number of carbonyl (C=O) groups excluding carboxylic acids is 1. The maximum absolute atomic E-state index is 13.2. The highest BCUT2D eigenvalue weighted by atomic mass is 16.5. The number of methoxy groups -OCH3 is 2. The first-order valence-electron chi connectivity index (χ1n) is 10.5. The molecular weight excluding hydrogens is 422 g/mol. The van der Waals surface area contributed by atoms with Crippen LogP contribution in [0.5, 0.6) is 11.5 Å². The fourth-order valence-corrected chi connectivity index (χ4v) is 3.36. The van der Waals surface area contributed by atoms with E-state index in [1.165, 1.54) is 0 Å². The molecule has 2 aromatic heterocycles. The van der Waals surface area contributed by atoms with Crippen LogP contribution in [0.15, 0.2) is 69.8 Å². The van der Waals surface area contributed by atoms with Crippen molar-refractivity contribution in [3.63, 3.8) is 0 Å². The Labute approximate surface area is 191 Å². The second-order valence-corrected chi connectivity index (χ2v) is 7.54. The molecule has 0 aliphatic rings. The zero-order valence-corrected chi connectivity index (χ0v) is 18.8. The van der Waals surface area contributed by atoms with E-state index in [2.05, 4.69) is 10.1 Å². The first-order chi connectivity index (χ1) is 16.1. The number of rotatable bonds is 9. The van der Waals surface area contributed by atoms with E-state index in [1.807, 2.05) is 37.3 Å². The Kier molecular flexibility index (Phi) is 6.73. The number of ether oxygens (including phenoxy) is 2. The molecule has 0 radical (unpaired) electrons. The number of benzene rings is 2. The molecule has 0 saturated carbocycles. The van der Waals surface area contributed by atoms with Crippen LogP contribution in [-0.4, -0.2) is 41.7 Å². The van der Waals surface area contributed by atoms with Crippen LogP contribution in [0, 0.1) is 6.92 Å². The van der Waals surface area contributed by atoms with E-state index in [0.29, 0.717) is 59.6 Å². The molecule has 0 atom stereocenters. The minimum Gasteiger partial charge on any atom is -0.497 e. The van der Waals surface area contributed by atoms with E-state index in [4.69, 9.17) is 18.4 Å². The van der Waals surface area contributed by atoms with E-state index in [-0.39, 0.29) is 5.91 Å². The standard InChI is InChI=1S/C25H25N3O5/c1-17-6-8-18(9-7-17)25(29)28(16-20-5-4-12-32-20)11-10-23-26-24(27-33-23)19-13-21(30-2)15-22(14-19)31-3/h4-9,12-15H,10-11,16H2,1-3H3. The van der Waals surface area contributed by atoms with Gasteiger partial charge in [0.15, 0.2) is 0 Å². The smallest absolute Gasteiger partial charge is 0.254 e. The topological polar surface area (TPSA) is 90.8 Å². The average molecular weight is 447 g/mol. The molecule has 1 amide bonds.